The number of para-hydroxylation sites is 3. The lowest BCUT2D eigenvalue weighted by atomic mass is 10.2. The van der Waals surface area contributed by atoms with E-state index in [0.29, 0.717) is 11.3 Å². The van der Waals surface area contributed by atoms with Crippen LogP contribution in [0.4, 0.5) is 0 Å². The number of hydrogen-bond donors (Lipinski definition) is 2. The molecular weight excluding hydrogens is 308 g/mol. The van der Waals surface area contributed by atoms with Crippen LogP contribution in [-0.4, -0.2) is 33.9 Å². The van der Waals surface area contributed by atoms with E-state index in [1.807, 2.05) is 24.3 Å². The molecule has 24 heavy (non-hydrogen) atoms. The Kier molecular flexibility index (Phi) is 4.42. The van der Waals surface area contributed by atoms with Crippen LogP contribution in [-0.2, 0) is 11.3 Å². The van der Waals surface area contributed by atoms with Crippen LogP contribution in [0.5, 0.6) is 11.5 Å². The van der Waals surface area contributed by atoms with E-state index in [4.69, 9.17) is 4.74 Å². The standard InChI is InChI=1S/C17H16N4O3/c1-24-15-8-4-5-12(17(15)23)9-19-20-16(22)10-21-11-18-13-6-2-3-7-14(13)21/h2-9,11,23H,10H2,1H3,(H,20,22)/b19-9-. The molecule has 2 N–H and O–H groups in total. The van der Waals surface area contributed by atoms with Gasteiger partial charge in [0.2, 0.25) is 0 Å². The highest BCUT2D eigenvalue weighted by Crippen LogP contribution is 2.27. The van der Waals surface area contributed by atoms with Gasteiger partial charge in [-0.05, 0) is 24.3 Å². The van der Waals surface area contributed by atoms with Gasteiger partial charge in [-0.25, -0.2) is 10.4 Å². The van der Waals surface area contributed by atoms with Crippen molar-refractivity contribution in [3.05, 3.63) is 54.4 Å². The summed E-state index contributed by atoms with van der Waals surface area (Å²) in [5.74, 6) is 0.0190. The van der Waals surface area contributed by atoms with Gasteiger partial charge in [0.1, 0.15) is 6.54 Å². The first kappa shape index (κ1) is 15.5. The second-order valence-corrected chi connectivity index (χ2v) is 5.05. The summed E-state index contributed by atoms with van der Waals surface area (Å²) in [6, 6.07) is 12.6. The van der Waals surface area contributed by atoms with E-state index in [1.165, 1.54) is 13.3 Å². The number of aromatic nitrogens is 2. The van der Waals surface area contributed by atoms with Gasteiger partial charge in [0, 0.05) is 5.56 Å². The average molecular weight is 324 g/mol. The Bertz CT molecular complexity index is 902. The molecule has 2 aromatic carbocycles. The maximum absolute atomic E-state index is 12.0. The Morgan fingerprint density at radius 2 is 2.17 bits per heavy atom. The molecule has 0 bridgehead atoms. The van der Waals surface area contributed by atoms with Crippen molar-refractivity contribution in [2.24, 2.45) is 5.10 Å². The molecule has 0 aliphatic heterocycles. The minimum absolute atomic E-state index is 0.0291. The van der Waals surface area contributed by atoms with Crippen LogP contribution in [0, 0.1) is 0 Å². The molecule has 7 nitrogen and oxygen atoms in total. The van der Waals surface area contributed by atoms with Crippen molar-refractivity contribution < 1.29 is 14.6 Å². The lowest BCUT2D eigenvalue weighted by Crippen LogP contribution is -2.22. The second-order valence-electron chi connectivity index (χ2n) is 5.05. The number of carbonyl (C=O) groups is 1. The highest BCUT2D eigenvalue weighted by Gasteiger charge is 2.07. The van der Waals surface area contributed by atoms with E-state index in [9.17, 15) is 9.90 Å². The molecule has 0 unspecified atom stereocenters. The fraction of sp³-hybridized carbons (Fsp3) is 0.118. The number of hydrogen-bond acceptors (Lipinski definition) is 5. The number of nitrogens with one attached hydrogen (secondary N) is 1. The summed E-state index contributed by atoms with van der Waals surface area (Å²) in [5, 5.41) is 13.8. The van der Waals surface area contributed by atoms with Crippen LogP contribution in [0.15, 0.2) is 53.9 Å². The van der Waals surface area contributed by atoms with Gasteiger partial charge in [0.15, 0.2) is 11.5 Å². The summed E-state index contributed by atoms with van der Waals surface area (Å²) in [5.41, 5.74) is 4.58. The van der Waals surface area contributed by atoms with Gasteiger partial charge in [0.05, 0.1) is 30.7 Å². The number of phenolic OH excluding ortho intramolecular Hbond substituents is 1. The first-order valence-corrected chi connectivity index (χ1v) is 7.27. The second kappa shape index (κ2) is 6.82. The molecule has 1 aromatic heterocycles. The highest BCUT2D eigenvalue weighted by atomic mass is 16.5. The average Bonchev–Trinajstić information content (AvgIpc) is 2.99. The van der Waals surface area contributed by atoms with E-state index in [2.05, 4.69) is 15.5 Å². The Labute approximate surface area is 138 Å². The van der Waals surface area contributed by atoms with Crippen molar-refractivity contribution in [3.8, 4) is 11.5 Å². The van der Waals surface area contributed by atoms with Crippen molar-refractivity contribution in [1.29, 1.82) is 0 Å². The predicted molar refractivity (Wildman–Crippen MR) is 90.1 cm³/mol. The molecule has 0 saturated heterocycles. The van der Waals surface area contributed by atoms with Gasteiger partial charge in [-0.2, -0.15) is 5.10 Å². The molecule has 0 aliphatic carbocycles. The summed E-state index contributed by atoms with van der Waals surface area (Å²) in [6.07, 6.45) is 2.98. The first-order valence-electron chi connectivity index (χ1n) is 7.27. The van der Waals surface area contributed by atoms with E-state index in [1.54, 1.807) is 29.1 Å². The number of ether oxygens (including phenoxy) is 1. The van der Waals surface area contributed by atoms with Gasteiger partial charge in [0.25, 0.3) is 5.91 Å². The fourth-order valence-electron chi connectivity index (χ4n) is 2.31. The Morgan fingerprint density at radius 3 is 3.00 bits per heavy atom. The van der Waals surface area contributed by atoms with E-state index in [-0.39, 0.29) is 18.2 Å². The number of nitrogens with zero attached hydrogens (tertiary/aromatic N) is 3. The molecule has 0 saturated carbocycles. The summed E-state index contributed by atoms with van der Waals surface area (Å²) in [4.78, 5) is 16.2. The van der Waals surface area contributed by atoms with Crippen LogP contribution < -0.4 is 10.2 Å². The van der Waals surface area contributed by atoms with Crippen LogP contribution in [0.2, 0.25) is 0 Å². The maximum atomic E-state index is 12.0. The number of fused-ring (bicyclic) bond motifs is 1. The Hall–Kier alpha value is -3.35. The molecule has 0 fully saturated rings. The first-order chi connectivity index (χ1) is 11.7. The monoisotopic (exact) mass is 324 g/mol. The Balaban J connectivity index is 1.65. The maximum Gasteiger partial charge on any atom is 0.260 e. The third kappa shape index (κ3) is 3.19. The molecule has 1 amide bonds. The smallest absolute Gasteiger partial charge is 0.260 e. The summed E-state index contributed by atoms with van der Waals surface area (Å²) in [7, 11) is 1.47. The summed E-state index contributed by atoms with van der Waals surface area (Å²) >= 11 is 0. The van der Waals surface area contributed by atoms with Crippen LogP contribution in [0.25, 0.3) is 11.0 Å². The molecule has 0 atom stereocenters. The summed E-state index contributed by atoms with van der Waals surface area (Å²) < 4.78 is 6.75. The molecular formula is C17H16N4O3. The van der Waals surface area contributed by atoms with Crippen molar-refractivity contribution in [1.82, 2.24) is 15.0 Å². The molecule has 7 heteroatoms. The predicted octanol–water partition coefficient (Wildman–Crippen LogP) is 1.90. The molecule has 1 heterocycles. The van der Waals surface area contributed by atoms with Crippen LogP contribution in [0.1, 0.15) is 5.56 Å². The van der Waals surface area contributed by atoms with Gasteiger partial charge >= 0.3 is 0 Å². The van der Waals surface area contributed by atoms with Crippen molar-refractivity contribution in [2.75, 3.05) is 7.11 Å². The lowest BCUT2D eigenvalue weighted by Gasteiger charge is -2.05. The quantitative estimate of drug-likeness (QED) is 0.554. The van der Waals surface area contributed by atoms with Crippen molar-refractivity contribution >= 4 is 23.2 Å². The van der Waals surface area contributed by atoms with Gasteiger partial charge < -0.3 is 14.4 Å². The van der Waals surface area contributed by atoms with Gasteiger partial charge in [-0.1, -0.05) is 18.2 Å². The van der Waals surface area contributed by atoms with E-state index >= 15 is 0 Å². The van der Waals surface area contributed by atoms with Crippen molar-refractivity contribution in [2.45, 2.75) is 6.54 Å². The summed E-state index contributed by atoms with van der Waals surface area (Å²) in [6.45, 7) is 0.0992. The number of amides is 1. The highest BCUT2D eigenvalue weighted by molar-refractivity contribution is 5.86. The van der Waals surface area contributed by atoms with Crippen LogP contribution in [0.3, 0.4) is 0 Å². The van der Waals surface area contributed by atoms with E-state index in [0.717, 1.165) is 11.0 Å². The number of hydrazone groups is 1. The number of methoxy groups -OCH3 is 1. The number of rotatable bonds is 5. The van der Waals surface area contributed by atoms with E-state index < -0.39 is 0 Å². The number of benzene rings is 2. The fourth-order valence-corrected chi connectivity index (χ4v) is 2.31. The third-order valence-corrected chi connectivity index (χ3v) is 3.48. The minimum Gasteiger partial charge on any atom is -0.504 e. The zero-order valence-corrected chi connectivity index (χ0v) is 13.0. The molecule has 0 aliphatic rings. The SMILES string of the molecule is COc1cccc(/C=N\NC(=O)Cn2cnc3ccccc32)c1O. The lowest BCUT2D eigenvalue weighted by molar-refractivity contribution is -0.121. The minimum atomic E-state index is -0.295. The number of carbonyl (C=O) groups excluding carboxylic acids is 1. The molecule has 0 spiro atoms. The number of imidazole rings is 1. The largest absolute Gasteiger partial charge is 0.504 e. The molecule has 3 rings (SSSR count). The Morgan fingerprint density at radius 1 is 1.33 bits per heavy atom. The molecule has 0 radical (unpaired) electrons. The number of phenols is 1. The zero-order chi connectivity index (χ0) is 16.9. The van der Waals surface area contributed by atoms with Gasteiger partial charge in [-0.15, -0.1) is 0 Å². The zero-order valence-electron chi connectivity index (χ0n) is 13.0. The number of aromatic hydroxyl groups is 1. The molecule has 3 aromatic rings. The van der Waals surface area contributed by atoms with Crippen LogP contribution >= 0.6 is 0 Å². The normalized spacial score (nSPS) is 11.0. The van der Waals surface area contributed by atoms with Gasteiger partial charge in [-0.3, -0.25) is 4.79 Å². The molecule has 122 valence electrons. The van der Waals surface area contributed by atoms with Crippen molar-refractivity contribution in [3.63, 3.8) is 0 Å². The third-order valence-electron chi connectivity index (χ3n) is 3.48. The topological polar surface area (TPSA) is 88.7 Å².